The van der Waals surface area contributed by atoms with Crippen molar-refractivity contribution in [3.8, 4) is 0 Å². The molecule has 1 aromatic carbocycles. The molecule has 172 valence electrons. The number of likely N-dealkylation sites (tertiary alicyclic amines) is 1. The summed E-state index contributed by atoms with van der Waals surface area (Å²) in [6, 6.07) is 2.11. The highest BCUT2D eigenvalue weighted by atomic mass is 19.4. The second kappa shape index (κ2) is 7.91. The molecule has 0 unspecified atom stereocenters. The minimum absolute atomic E-state index is 0.207. The van der Waals surface area contributed by atoms with Crippen LogP contribution in [0.3, 0.4) is 0 Å². The zero-order valence-electron chi connectivity index (χ0n) is 17.2. The zero-order valence-corrected chi connectivity index (χ0v) is 17.2. The van der Waals surface area contributed by atoms with Gasteiger partial charge in [-0.05, 0) is 41.5 Å². The van der Waals surface area contributed by atoms with Crippen LogP contribution >= 0.6 is 0 Å². The van der Waals surface area contributed by atoms with E-state index in [1.807, 2.05) is 0 Å². The topological polar surface area (TPSA) is 45.1 Å². The van der Waals surface area contributed by atoms with E-state index in [4.69, 9.17) is 4.74 Å². The van der Waals surface area contributed by atoms with Gasteiger partial charge in [-0.2, -0.15) is 13.2 Å². The van der Waals surface area contributed by atoms with Gasteiger partial charge in [0.2, 0.25) is 0 Å². The normalized spacial score (nSPS) is 22.9. The van der Waals surface area contributed by atoms with Crippen molar-refractivity contribution in [2.45, 2.75) is 31.0 Å². The van der Waals surface area contributed by atoms with Crippen molar-refractivity contribution >= 4 is 11.6 Å². The molecular formula is C22H22F5N3O2. The summed E-state index contributed by atoms with van der Waals surface area (Å²) in [6.07, 6.45) is -4.51. The molecule has 10 heteroatoms. The zero-order chi connectivity index (χ0) is 22.6. The van der Waals surface area contributed by atoms with E-state index in [1.54, 1.807) is 4.90 Å². The Bertz CT molecular complexity index is 1010. The fourth-order valence-corrected chi connectivity index (χ4v) is 5.00. The third-order valence-electron chi connectivity index (χ3n) is 6.87. The lowest BCUT2D eigenvalue weighted by Crippen LogP contribution is -2.49. The predicted octanol–water partition coefficient (Wildman–Crippen LogP) is 3.16. The molecule has 5 nitrogen and oxygen atoms in total. The summed E-state index contributed by atoms with van der Waals surface area (Å²) in [6.45, 7) is 3.80. The number of aliphatic imine (C=N–C) groups is 1. The van der Waals surface area contributed by atoms with Crippen LogP contribution in [0.1, 0.15) is 29.9 Å². The molecule has 4 aliphatic rings. The second-order valence-corrected chi connectivity index (χ2v) is 8.73. The van der Waals surface area contributed by atoms with E-state index in [2.05, 4.69) is 9.89 Å². The van der Waals surface area contributed by atoms with Crippen molar-refractivity contribution in [1.29, 1.82) is 0 Å². The van der Waals surface area contributed by atoms with Gasteiger partial charge in [-0.25, -0.2) is 8.78 Å². The molecular weight excluding hydrogens is 433 g/mol. The van der Waals surface area contributed by atoms with E-state index in [0.717, 1.165) is 29.8 Å². The van der Waals surface area contributed by atoms with Gasteiger partial charge in [-0.3, -0.25) is 14.7 Å². The number of carbonyl (C=O) groups excluding carboxylic acids is 1. The summed E-state index contributed by atoms with van der Waals surface area (Å²) >= 11 is 0. The first-order valence-corrected chi connectivity index (χ1v) is 10.7. The summed E-state index contributed by atoms with van der Waals surface area (Å²) in [5.74, 6) is -4.19. The van der Waals surface area contributed by atoms with Gasteiger partial charge in [0.15, 0.2) is 11.6 Å². The van der Waals surface area contributed by atoms with Crippen molar-refractivity contribution in [2.24, 2.45) is 4.99 Å². The monoisotopic (exact) mass is 455 g/mol. The minimum atomic E-state index is -4.99. The predicted molar refractivity (Wildman–Crippen MR) is 105 cm³/mol. The van der Waals surface area contributed by atoms with Crippen LogP contribution in [-0.4, -0.2) is 73.4 Å². The Hall–Kier alpha value is -2.33. The molecule has 0 atom stereocenters. The van der Waals surface area contributed by atoms with Crippen molar-refractivity contribution in [3.63, 3.8) is 0 Å². The number of hydrogen-bond donors (Lipinski definition) is 0. The van der Waals surface area contributed by atoms with E-state index in [0.29, 0.717) is 38.1 Å². The van der Waals surface area contributed by atoms with Crippen LogP contribution in [0, 0.1) is 11.6 Å². The molecule has 0 saturated carbocycles. The van der Waals surface area contributed by atoms with Crippen LogP contribution in [0.25, 0.3) is 0 Å². The van der Waals surface area contributed by atoms with E-state index in [1.165, 1.54) is 0 Å². The number of hydrogen-bond acceptors (Lipinski definition) is 4. The van der Waals surface area contributed by atoms with Gasteiger partial charge in [0, 0.05) is 26.2 Å². The lowest BCUT2D eigenvalue weighted by Gasteiger charge is -2.35. The molecule has 4 heterocycles. The first-order valence-electron chi connectivity index (χ1n) is 10.7. The molecule has 1 amide bonds. The number of alkyl halides is 3. The SMILES string of the molecule is O=C(C1=NCC2=C1CN(C1COC1)C2)N1CCC(c2ccc(F)c(F)c2C(F)(F)F)CC1. The Morgan fingerprint density at radius 1 is 1.09 bits per heavy atom. The molecule has 0 aliphatic carbocycles. The number of piperidine rings is 1. The van der Waals surface area contributed by atoms with Gasteiger partial charge in [-0.1, -0.05) is 6.07 Å². The number of nitrogens with zero attached hydrogens (tertiary/aromatic N) is 3. The number of benzene rings is 1. The molecule has 5 rings (SSSR count). The van der Waals surface area contributed by atoms with Gasteiger partial charge >= 0.3 is 6.18 Å². The first kappa shape index (κ1) is 21.5. The highest BCUT2D eigenvalue weighted by Gasteiger charge is 2.42. The third kappa shape index (κ3) is 3.63. The lowest BCUT2D eigenvalue weighted by atomic mass is 9.85. The molecule has 0 radical (unpaired) electrons. The van der Waals surface area contributed by atoms with Crippen molar-refractivity contribution in [3.05, 3.63) is 46.0 Å². The van der Waals surface area contributed by atoms with Crippen LogP contribution in [0.4, 0.5) is 22.0 Å². The standard InChI is InChI=1S/C22H22F5N3O2/c23-17-2-1-15(18(19(17)24)22(25,26)27)12-3-5-29(6-4-12)21(31)20-16-9-30(14-10-32-11-14)8-13(16)7-28-20/h1-2,12,14H,3-11H2. The lowest BCUT2D eigenvalue weighted by molar-refractivity contribution is -0.141. The van der Waals surface area contributed by atoms with E-state index < -0.39 is 29.3 Å². The average molecular weight is 455 g/mol. The Balaban J connectivity index is 1.26. The van der Waals surface area contributed by atoms with Crippen LogP contribution in [-0.2, 0) is 15.7 Å². The fraction of sp³-hybridized carbons (Fsp3) is 0.545. The smallest absolute Gasteiger partial charge is 0.378 e. The average Bonchev–Trinajstić information content (AvgIpc) is 3.28. The van der Waals surface area contributed by atoms with Crippen molar-refractivity contribution in [1.82, 2.24) is 9.80 Å². The Labute approximate surface area is 181 Å². The fourth-order valence-electron chi connectivity index (χ4n) is 5.00. The molecule has 2 saturated heterocycles. The van der Waals surface area contributed by atoms with Gasteiger partial charge < -0.3 is 9.64 Å². The molecule has 32 heavy (non-hydrogen) atoms. The molecule has 4 aliphatic heterocycles. The number of rotatable bonds is 3. The van der Waals surface area contributed by atoms with E-state index >= 15 is 0 Å². The summed E-state index contributed by atoms with van der Waals surface area (Å²) in [7, 11) is 0. The van der Waals surface area contributed by atoms with E-state index in [9.17, 15) is 26.7 Å². The van der Waals surface area contributed by atoms with Gasteiger partial charge in [0.1, 0.15) is 5.71 Å². The van der Waals surface area contributed by atoms with Gasteiger partial charge in [-0.15, -0.1) is 0 Å². The summed E-state index contributed by atoms with van der Waals surface area (Å²) in [5.41, 5.74) is 0.768. The van der Waals surface area contributed by atoms with Crippen LogP contribution in [0.2, 0.25) is 0 Å². The molecule has 0 bridgehead atoms. The van der Waals surface area contributed by atoms with Gasteiger partial charge in [0.25, 0.3) is 5.91 Å². The number of carbonyl (C=O) groups is 1. The van der Waals surface area contributed by atoms with Crippen LogP contribution in [0.5, 0.6) is 0 Å². The second-order valence-electron chi connectivity index (χ2n) is 8.73. The maximum Gasteiger partial charge on any atom is 0.419 e. The molecule has 0 aromatic heterocycles. The highest BCUT2D eigenvalue weighted by Crippen LogP contribution is 2.41. The molecule has 0 spiro atoms. The van der Waals surface area contributed by atoms with Gasteiger partial charge in [0.05, 0.1) is 31.4 Å². The summed E-state index contributed by atoms with van der Waals surface area (Å²) < 4.78 is 72.9. The Morgan fingerprint density at radius 2 is 1.81 bits per heavy atom. The number of ether oxygens (including phenoxy) is 1. The first-order chi connectivity index (χ1) is 15.2. The summed E-state index contributed by atoms with van der Waals surface area (Å²) in [4.78, 5) is 21.4. The number of amides is 1. The van der Waals surface area contributed by atoms with Crippen LogP contribution in [0.15, 0.2) is 28.3 Å². The maximum atomic E-state index is 14.0. The minimum Gasteiger partial charge on any atom is -0.378 e. The Morgan fingerprint density at radius 3 is 2.44 bits per heavy atom. The summed E-state index contributed by atoms with van der Waals surface area (Å²) in [5, 5.41) is 0. The highest BCUT2D eigenvalue weighted by molar-refractivity contribution is 6.46. The van der Waals surface area contributed by atoms with Crippen molar-refractivity contribution in [2.75, 3.05) is 45.9 Å². The Kier molecular flexibility index (Phi) is 5.32. The number of halogens is 5. The molecule has 1 aromatic rings. The van der Waals surface area contributed by atoms with Crippen LogP contribution < -0.4 is 0 Å². The maximum absolute atomic E-state index is 14.0. The molecule has 2 fully saturated rings. The largest absolute Gasteiger partial charge is 0.419 e. The van der Waals surface area contributed by atoms with Crippen molar-refractivity contribution < 1.29 is 31.5 Å². The quantitative estimate of drug-likeness (QED) is 0.658. The molecule has 0 N–H and O–H groups in total. The van der Waals surface area contributed by atoms with E-state index in [-0.39, 0.29) is 37.4 Å². The third-order valence-corrected chi connectivity index (χ3v) is 6.87.